The molecule has 0 aliphatic rings. The lowest BCUT2D eigenvalue weighted by atomic mass is 10.3. The summed E-state index contributed by atoms with van der Waals surface area (Å²) in [6.45, 7) is 1.35. The molecule has 0 saturated heterocycles. The number of hydrogen-bond acceptors (Lipinski definition) is 3. The van der Waals surface area contributed by atoms with E-state index in [1.807, 2.05) is 0 Å². The number of rotatable bonds is 2. The summed E-state index contributed by atoms with van der Waals surface area (Å²) in [5.74, 6) is -0.934. The van der Waals surface area contributed by atoms with Gasteiger partial charge in [0.25, 0.3) is 0 Å². The SMILES string of the molecule is Cc1cc(CO)oc1C(=O)O. The van der Waals surface area contributed by atoms with Crippen LogP contribution in [0.4, 0.5) is 0 Å². The van der Waals surface area contributed by atoms with Crippen molar-refractivity contribution in [3.8, 4) is 0 Å². The fourth-order valence-electron chi connectivity index (χ4n) is 0.838. The van der Waals surface area contributed by atoms with Gasteiger partial charge in [0.2, 0.25) is 5.76 Å². The van der Waals surface area contributed by atoms with E-state index in [2.05, 4.69) is 0 Å². The Morgan fingerprint density at radius 1 is 1.73 bits per heavy atom. The van der Waals surface area contributed by atoms with Crippen LogP contribution in [-0.4, -0.2) is 16.2 Å². The zero-order valence-corrected chi connectivity index (χ0v) is 6.00. The summed E-state index contributed by atoms with van der Waals surface area (Å²) in [6, 6.07) is 1.50. The van der Waals surface area contributed by atoms with Gasteiger partial charge < -0.3 is 14.6 Å². The Hall–Kier alpha value is -1.29. The second kappa shape index (κ2) is 2.75. The predicted octanol–water partition coefficient (Wildman–Crippen LogP) is 0.779. The Balaban J connectivity index is 3.07. The average Bonchev–Trinajstić information content (AvgIpc) is 2.30. The van der Waals surface area contributed by atoms with E-state index in [9.17, 15) is 4.79 Å². The third-order valence-electron chi connectivity index (χ3n) is 1.32. The van der Waals surface area contributed by atoms with Gasteiger partial charge >= 0.3 is 5.97 Å². The van der Waals surface area contributed by atoms with E-state index >= 15 is 0 Å². The van der Waals surface area contributed by atoms with Crippen molar-refractivity contribution in [2.75, 3.05) is 0 Å². The van der Waals surface area contributed by atoms with Gasteiger partial charge in [-0.25, -0.2) is 4.79 Å². The van der Waals surface area contributed by atoms with Crippen LogP contribution in [-0.2, 0) is 6.61 Å². The van der Waals surface area contributed by atoms with Crippen LogP contribution in [0.2, 0.25) is 0 Å². The molecule has 0 fully saturated rings. The van der Waals surface area contributed by atoms with Gasteiger partial charge in [0.1, 0.15) is 12.4 Å². The highest BCUT2D eigenvalue weighted by Crippen LogP contribution is 2.13. The zero-order valence-electron chi connectivity index (χ0n) is 6.00. The Labute approximate surface area is 63.1 Å². The van der Waals surface area contributed by atoms with Crippen molar-refractivity contribution in [3.05, 3.63) is 23.2 Å². The van der Waals surface area contributed by atoms with Crippen LogP contribution < -0.4 is 0 Å². The van der Waals surface area contributed by atoms with E-state index in [1.54, 1.807) is 6.92 Å². The molecule has 4 heteroatoms. The summed E-state index contributed by atoms with van der Waals surface area (Å²) in [5, 5.41) is 17.1. The number of carboxylic acids is 1. The highest BCUT2D eigenvalue weighted by molar-refractivity contribution is 5.86. The maximum atomic E-state index is 10.4. The number of carbonyl (C=O) groups is 1. The lowest BCUT2D eigenvalue weighted by Crippen LogP contribution is -1.94. The first kappa shape index (κ1) is 7.81. The van der Waals surface area contributed by atoms with Crippen molar-refractivity contribution in [2.24, 2.45) is 0 Å². The number of aliphatic hydroxyl groups excluding tert-OH is 1. The Morgan fingerprint density at radius 2 is 2.36 bits per heavy atom. The van der Waals surface area contributed by atoms with E-state index in [0.29, 0.717) is 5.56 Å². The Morgan fingerprint density at radius 3 is 2.64 bits per heavy atom. The van der Waals surface area contributed by atoms with Crippen LogP contribution in [0.5, 0.6) is 0 Å². The normalized spacial score (nSPS) is 10.0. The number of aromatic carboxylic acids is 1. The molecular formula is C7H8O4. The molecule has 1 heterocycles. The number of hydrogen-bond donors (Lipinski definition) is 2. The standard InChI is InChI=1S/C7H8O4/c1-4-2-5(3-8)11-6(4)7(9)10/h2,8H,3H2,1H3,(H,9,10). The fourth-order valence-corrected chi connectivity index (χ4v) is 0.838. The summed E-state index contributed by atoms with van der Waals surface area (Å²) in [6.07, 6.45) is 0. The molecule has 4 nitrogen and oxygen atoms in total. The minimum absolute atomic E-state index is 0.103. The molecule has 0 spiro atoms. The van der Waals surface area contributed by atoms with Crippen LogP contribution in [0.25, 0.3) is 0 Å². The smallest absolute Gasteiger partial charge is 0.372 e. The third-order valence-corrected chi connectivity index (χ3v) is 1.32. The maximum Gasteiger partial charge on any atom is 0.372 e. The molecule has 0 saturated carbocycles. The van der Waals surface area contributed by atoms with Crippen molar-refractivity contribution in [2.45, 2.75) is 13.5 Å². The summed E-state index contributed by atoms with van der Waals surface area (Å²) >= 11 is 0. The van der Waals surface area contributed by atoms with Crippen LogP contribution in [0, 0.1) is 6.92 Å². The molecule has 0 unspecified atom stereocenters. The number of furan rings is 1. The molecule has 1 aromatic heterocycles. The third kappa shape index (κ3) is 1.40. The van der Waals surface area contributed by atoms with Crippen LogP contribution >= 0.6 is 0 Å². The largest absolute Gasteiger partial charge is 0.475 e. The van der Waals surface area contributed by atoms with Gasteiger partial charge in [-0.3, -0.25) is 0 Å². The second-order valence-electron chi connectivity index (χ2n) is 2.19. The molecule has 0 bridgehead atoms. The molecule has 1 aromatic rings. The Kier molecular flexibility index (Phi) is 1.96. The van der Waals surface area contributed by atoms with Crippen LogP contribution in [0.1, 0.15) is 21.9 Å². The monoisotopic (exact) mass is 156 g/mol. The second-order valence-corrected chi connectivity index (χ2v) is 2.19. The molecular weight excluding hydrogens is 148 g/mol. The van der Waals surface area contributed by atoms with Crippen molar-refractivity contribution in [1.82, 2.24) is 0 Å². The molecule has 11 heavy (non-hydrogen) atoms. The van der Waals surface area contributed by atoms with Crippen molar-refractivity contribution < 1.29 is 19.4 Å². The zero-order chi connectivity index (χ0) is 8.43. The maximum absolute atomic E-state index is 10.4. The quantitative estimate of drug-likeness (QED) is 0.663. The van der Waals surface area contributed by atoms with Gasteiger partial charge in [0.15, 0.2) is 0 Å². The van der Waals surface area contributed by atoms with Crippen LogP contribution in [0.15, 0.2) is 10.5 Å². The predicted molar refractivity (Wildman–Crippen MR) is 36.3 cm³/mol. The van der Waals surface area contributed by atoms with Crippen molar-refractivity contribution in [1.29, 1.82) is 0 Å². The topological polar surface area (TPSA) is 70.7 Å². The van der Waals surface area contributed by atoms with Gasteiger partial charge in [-0.1, -0.05) is 0 Å². The first-order chi connectivity index (χ1) is 5.15. The highest BCUT2D eigenvalue weighted by atomic mass is 16.4. The highest BCUT2D eigenvalue weighted by Gasteiger charge is 2.12. The first-order valence-electron chi connectivity index (χ1n) is 3.08. The van der Waals surface area contributed by atoms with E-state index in [4.69, 9.17) is 14.6 Å². The average molecular weight is 156 g/mol. The summed E-state index contributed by atoms with van der Waals surface area (Å²) in [5.41, 5.74) is 0.529. The van der Waals surface area contributed by atoms with E-state index in [0.717, 1.165) is 0 Å². The minimum atomic E-state index is -1.11. The van der Waals surface area contributed by atoms with Gasteiger partial charge in [-0.15, -0.1) is 0 Å². The minimum Gasteiger partial charge on any atom is -0.475 e. The molecule has 0 aliphatic carbocycles. The lowest BCUT2D eigenvalue weighted by Gasteiger charge is -1.87. The molecule has 0 amide bonds. The molecule has 0 radical (unpaired) electrons. The van der Waals surface area contributed by atoms with E-state index < -0.39 is 5.97 Å². The van der Waals surface area contributed by atoms with Gasteiger partial charge in [-0.05, 0) is 13.0 Å². The summed E-state index contributed by atoms with van der Waals surface area (Å²) in [7, 11) is 0. The van der Waals surface area contributed by atoms with Crippen molar-refractivity contribution >= 4 is 5.97 Å². The van der Waals surface area contributed by atoms with Gasteiger partial charge in [0, 0.05) is 5.56 Å². The molecule has 1 rings (SSSR count). The molecule has 0 aromatic carbocycles. The summed E-state index contributed by atoms with van der Waals surface area (Å²) in [4.78, 5) is 10.4. The summed E-state index contributed by atoms with van der Waals surface area (Å²) < 4.78 is 4.78. The fraction of sp³-hybridized carbons (Fsp3) is 0.286. The van der Waals surface area contributed by atoms with E-state index in [-0.39, 0.29) is 18.1 Å². The first-order valence-corrected chi connectivity index (χ1v) is 3.08. The van der Waals surface area contributed by atoms with Gasteiger partial charge in [-0.2, -0.15) is 0 Å². The lowest BCUT2D eigenvalue weighted by molar-refractivity contribution is 0.0656. The van der Waals surface area contributed by atoms with E-state index in [1.165, 1.54) is 6.07 Å². The van der Waals surface area contributed by atoms with Crippen LogP contribution in [0.3, 0.4) is 0 Å². The molecule has 0 aliphatic heterocycles. The molecule has 0 atom stereocenters. The number of aryl methyl sites for hydroxylation is 1. The molecule has 2 N–H and O–H groups in total. The van der Waals surface area contributed by atoms with Gasteiger partial charge in [0.05, 0.1) is 0 Å². The number of aliphatic hydroxyl groups is 1. The molecule has 60 valence electrons. The number of carboxylic acid groups (broad SMARTS) is 1. The Bertz CT molecular complexity index is 274. The van der Waals surface area contributed by atoms with Crippen molar-refractivity contribution in [3.63, 3.8) is 0 Å².